The van der Waals surface area contributed by atoms with Crippen molar-refractivity contribution in [2.45, 2.75) is 19.4 Å². The Morgan fingerprint density at radius 1 is 1.30 bits per heavy atom. The van der Waals surface area contributed by atoms with Crippen LogP contribution in [0.2, 0.25) is 0 Å². The van der Waals surface area contributed by atoms with E-state index >= 15 is 0 Å². The average Bonchev–Trinajstić information content (AvgIpc) is 2.95. The first-order valence-corrected chi connectivity index (χ1v) is 9.87. The molecule has 1 atom stereocenters. The molecule has 0 aliphatic rings. The third-order valence-corrected chi connectivity index (χ3v) is 4.73. The number of benzene rings is 1. The van der Waals surface area contributed by atoms with Crippen molar-refractivity contribution in [2.24, 2.45) is 0 Å². The van der Waals surface area contributed by atoms with Gasteiger partial charge in [-0.05, 0) is 6.92 Å². The zero-order valence-electron chi connectivity index (χ0n) is 12.9. The predicted molar refractivity (Wildman–Crippen MR) is 91.7 cm³/mol. The van der Waals surface area contributed by atoms with E-state index in [4.69, 9.17) is 0 Å². The molecule has 0 aliphatic carbocycles. The highest BCUT2D eigenvalue weighted by molar-refractivity contribution is 7.88. The lowest BCUT2D eigenvalue weighted by Crippen LogP contribution is -2.44. The van der Waals surface area contributed by atoms with Gasteiger partial charge in [-0.3, -0.25) is 4.79 Å². The first-order chi connectivity index (χ1) is 10.8. The molecule has 1 amide bonds. The maximum Gasteiger partial charge on any atom is 0.237 e. The van der Waals surface area contributed by atoms with Gasteiger partial charge in [0.05, 0.1) is 23.0 Å². The number of hydrogen-bond acceptors (Lipinski definition) is 5. The van der Waals surface area contributed by atoms with E-state index in [1.54, 1.807) is 11.3 Å². The van der Waals surface area contributed by atoms with Crippen LogP contribution in [0.3, 0.4) is 0 Å². The van der Waals surface area contributed by atoms with Gasteiger partial charge in [-0.25, -0.2) is 18.1 Å². The molecule has 0 fully saturated rings. The summed E-state index contributed by atoms with van der Waals surface area (Å²) in [6.07, 6.45) is 1.63. The third-order valence-electron chi connectivity index (χ3n) is 3.04. The summed E-state index contributed by atoms with van der Waals surface area (Å²) in [5.74, 6) is -0.352. The molecule has 6 nitrogen and oxygen atoms in total. The fraction of sp³-hybridized carbons (Fsp3) is 0.333. The van der Waals surface area contributed by atoms with Crippen molar-refractivity contribution in [3.05, 3.63) is 40.7 Å². The summed E-state index contributed by atoms with van der Waals surface area (Å²) in [6, 6.07) is 9.09. The van der Waals surface area contributed by atoms with Crippen LogP contribution in [0.4, 0.5) is 0 Å². The number of rotatable bonds is 7. The average molecular weight is 353 g/mol. The van der Waals surface area contributed by atoms with Crippen LogP contribution in [0.5, 0.6) is 0 Å². The number of nitrogens with zero attached hydrogens (tertiary/aromatic N) is 1. The van der Waals surface area contributed by atoms with Gasteiger partial charge in [0.25, 0.3) is 0 Å². The van der Waals surface area contributed by atoms with Gasteiger partial charge in [0.2, 0.25) is 15.9 Å². The number of nitrogens with one attached hydrogen (secondary N) is 2. The number of carbonyl (C=O) groups is 1. The smallest absolute Gasteiger partial charge is 0.237 e. The van der Waals surface area contributed by atoms with Crippen LogP contribution < -0.4 is 10.0 Å². The number of carbonyl (C=O) groups excluding carboxylic acids is 1. The summed E-state index contributed by atoms with van der Waals surface area (Å²) >= 11 is 1.54. The minimum atomic E-state index is -3.39. The fourth-order valence-corrected chi connectivity index (χ4v) is 3.54. The quantitative estimate of drug-likeness (QED) is 0.788. The van der Waals surface area contributed by atoms with Crippen molar-refractivity contribution in [3.8, 4) is 11.3 Å². The van der Waals surface area contributed by atoms with Gasteiger partial charge < -0.3 is 5.32 Å². The molecule has 0 radical (unpaired) electrons. The van der Waals surface area contributed by atoms with E-state index in [1.165, 1.54) is 6.92 Å². The molecule has 0 saturated carbocycles. The SMILES string of the molecule is CC(NS(C)(=O)=O)C(=O)NCCc1nc(-c2ccccc2)cs1. The van der Waals surface area contributed by atoms with E-state index < -0.39 is 16.1 Å². The molecule has 2 N–H and O–H groups in total. The molecule has 0 bridgehead atoms. The summed E-state index contributed by atoms with van der Waals surface area (Å²) in [4.78, 5) is 16.3. The highest BCUT2D eigenvalue weighted by Gasteiger charge is 2.16. The van der Waals surface area contributed by atoms with E-state index in [1.807, 2.05) is 35.7 Å². The van der Waals surface area contributed by atoms with Gasteiger partial charge in [0, 0.05) is 23.9 Å². The monoisotopic (exact) mass is 353 g/mol. The lowest BCUT2D eigenvalue weighted by atomic mass is 10.2. The molecule has 1 aromatic heterocycles. The lowest BCUT2D eigenvalue weighted by molar-refractivity contribution is -0.122. The summed E-state index contributed by atoms with van der Waals surface area (Å²) in [5.41, 5.74) is 1.98. The summed E-state index contributed by atoms with van der Waals surface area (Å²) in [5, 5.41) is 5.61. The lowest BCUT2D eigenvalue weighted by Gasteiger charge is -2.12. The molecular weight excluding hydrogens is 334 g/mol. The molecule has 2 rings (SSSR count). The topological polar surface area (TPSA) is 88.2 Å². The highest BCUT2D eigenvalue weighted by atomic mass is 32.2. The molecule has 1 aromatic carbocycles. The third kappa shape index (κ3) is 5.74. The Hall–Kier alpha value is -1.77. The number of aromatic nitrogens is 1. The van der Waals surface area contributed by atoms with E-state index in [-0.39, 0.29) is 5.91 Å². The van der Waals surface area contributed by atoms with Crippen LogP contribution in [0.25, 0.3) is 11.3 Å². The number of amides is 1. The van der Waals surface area contributed by atoms with Crippen molar-refractivity contribution in [1.82, 2.24) is 15.0 Å². The van der Waals surface area contributed by atoms with Gasteiger partial charge >= 0.3 is 0 Å². The van der Waals surface area contributed by atoms with Gasteiger partial charge in [0.1, 0.15) is 0 Å². The van der Waals surface area contributed by atoms with Crippen molar-refractivity contribution in [3.63, 3.8) is 0 Å². The number of hydrogen-bond donors (Lipinski definition) is 2. The fourth-order valence-electron chi connectivity index (χ4n) is 1.99. The van der Waals surface area contributed by atoms with Gasteiger partial charge in [-0.15, -0.1) is 11.3 Å². The minimum Gasteiger partial charge on any atom is -0.354 e. The van der Waals surface area contributed by atoms with Crippen LogP contribution in [-0.2, 0) is 21.2 Å². The molecule has 23 heavy (non-hydrogen) atoms. The number of sulfonamides is 1. The zero-order chi connectivity index (χ0) is 16.9. The van der Waals surface area contributed by atoms with E-state index in [2.05, 4.69) is 15.0 Å². The van der Waals surface area contributed by atoms with Crippen LogP contribution >= 0.6 is 11.3 Å². The molecule has 0 saturated heterocycles. The summed E-state index contributed by atoms with van der Waals surface area (Å²) in [6.45, 7) is 1.92. The Morgan fingerprint density at radius 3 is 2.65 bits per heavy atom. The van der Waals surface area contributed by atoms with Crippen LogP contribution in [0.15, 0.2) is 35.7 Å². The second-order valence-corrected chi connectivity index (χ2v) is 7.87. The maximum absolute atomic E-state index is 11.8. The first-order valence-electron chi connectivity index (χ1n) is 7.10. The van der Waals surface area contributed by atoms with E-state index in [0.717, 1.165) is 22.5 Å². The second-order valence-electron chi connectivity index (χ2n) is 5.15. The predicted octanol–water partition coefficient (Wildman–Crippen LogP) is 1.41. The van der Waals surface area contributed by atoms with E-state index in [9.17, 15) is 13.2 Å². The van der Waals surface area contributed by atoms with Crippen LogP contribution in [-0.4, -0.2) is 38.2 Å². The van der Waals surface area contributed by atoms with Gasteiger partial charge in [0.15, 0.2) is 0 Å². The van der Waals surface area contributed by atoms with E-state index in [0.29, 0.717) is 13.0 Å². The summed E-state index contributed by atoms with van der Waals surface area (Å²) in [7, 11) is -3.39. The second kappa shape index (κ2) is 7.67. The Bertz CT molecular complexity index is 757. The van der Waals surface area contributed by atoms with Crippen molar-refractivity contribution < 1.29 is 13.2 Å². The largest absolute Gasteiger partial charge is 0.354 e. The van der Waals surface area contributed by atoms with Crippen LogP contribution in [0.1, 0.15) is 11.9 Å². The molecule has 1 heterocycles. The van der Waals surface area contributed by atoms with Crippen molar-refractivity contribution in [2.75, 3.05) is 12.8 Å². The van der Waals surface area contributed by atoms with Gasteiger partial charge in [-0.1, -0.05) is 30.3 Å². The molecule has 0 spiro atoms. The molecule has 0 aliphatic heterocycles. The Kier molecular flexibility index (Phi) is 5.86. The molecule has 8 heteroatoms. The van der Waals surface area contributed by atoms with Crippen LogP contribution in [0, 0.1) is 0 Å². The Labute approximate surface area is 140 Å². The number of thiazole rings is 1. The Balaban J connectivity index is 1.83. The molecule has 1 unspecified atom stereocenters. The Morgan fingerprint density at radius 2 is 2.00 bits per heavy atom. The molecule has 2 aromatic rings. The highest BCUT2D eigenvalue weighted by Crippen LogP contribution is 2.21. The maximum atomic E-state index is 11.8. The normalized spacial score (nSPS) is 12.8. The standard InChI is InChI=1S/C15H19N3O3S2/c1-11(18-23(2,20)21)15(19)16-9-8-14-17-13(10-22-14)12-6-4-3-5-7-12/h3-7,10-11,18H,8-9H2,1-2H3,(H,16,19). The minimum absolute atomic E-state index is 0.352. The summed E-state index contributed by atoms with van der Waals surface area (Å²) < 4.78 is 24.4. The first kappa shape index (κ1) is 17.6. The van der Waals surface area contributed by atoms with Crippen molar-refractivity contribution >= 4 is 27.3 Å². The van der Waals surface area contributed by atoms with Gasteiger partial charge in [-0.2, -0.15) is 0 Å². The zero-order valence-corrected chi connectivity index (χ0v) is 14.6. The molecule has 124 valence electrons. The molecular formula is C15H19N3O3S2. The van der Waals surface area contributed by atoms with Crippen molar-refractivity contribution in [1.29, 1.82) is 0 Å².